The second kappa shape index (κ2) is 10.6. The molecule has 2 aromatic rings. The molecule has 3 saturated heterocycles. The lowest BCUT2D eigenvalue weighted by molar-refractivity contribution is -0.0855. The van der Waals surface area contributed by atoms with Crippen molar-refractivity contribution in [2.45, 2.75) is 88.1 Å². The number of nitrogen functional groups attached to an aromatic ring is 1. The van der Waals surface area contributed by atoms with Gasteiger partial charge in [0.25, 0.3) is 0 Å². The molecular formula is C31H38ClFN6O2. The number of nitriles is 1. The normalized spacial score (nSPS) is 31.3. The number of halogens is 2. The molecule has 3 fully saturated rings. The molecular weight excluding hydrogens is 543 g/mol. The largest absolute Gasteiger partial charge is 0.461 e. The number of nitrogens with two attached hydrogens (primary N) is 1. The van der Waals surface area contributed by atoms with Crippen LogP contribution in [0.5, 0.6) is 6.01 Å². The van der Waals surface area contributed by atoms with Crippen LogP contribution in [0.4, 0.5) is 15.9 Å². The van der Waals surface area contributed by atoms with E-state index in [4.69, 9.17) is 36.8 Å². The van der Waals surface area contributed by atoms with E-state index in [9.17, 15) is 9.65 Å². The lowest BCUT2D eigenvalue weighted by atomic mass is 9.74. The van der Waals surface area contributed by atoms with Gasteiger partial charge in [-0.2, -0.15) is 15.2 Å². The maximum atomic E-state index is 14.4. The fourth-order valence-corrected chi connectivity index (χ4v) is 8.39. The summed E-state index contributed by atoms with van der Waals surface area (Å²) in [6, 6.07) is 6.65. The van der Waals surface area contributed by atoms with Crippen molar-refractivity contribution in [3.63, 3.8) is 0 Å². The van der Waals surface area contributed by atoms with Crippen LogP contribution in [0.2, 0.25) is 5.02 Å². The molecule has 4 aliphatic heterocycles. The van der Waals surface area contributed by atoms with Crippen LogP contribution in [0.3, 0.4) is 0 Å². The van der Waals surface area contributed by atoms with Crippen LogP contribution in [-0.4, -0.2) is 59.4 Å². The number of hydrogen-bond acceptors (Lipinski definition) is 8. The molecule has 0 saturated carbocycles. The minimum absolute atomic E-state index is 0.0605. The minimum atomic E-state index is -0.813. The van der Waals surface area contributed by atoms with Crippen molar-refractivity contribution in [2.24, 2.45) is 5.92 Å². The van der Waals surface area contributed by atoms with E-state index in [0.29, 0.717) is 49.3 Å². The Bertz CT molecular complexity index is 1390. The Hall–Kier alpha value is -2.67. The van der Waals surface area contributed by atoms with Crippen LogP contribution in [0, 0.1) is 17.2 Å². The minimum Gasteiger partial charge on any atom is -0.461 e. The molecule has 1 aliphatic carbocycles. The first kappa shape index (κ1) is 27.2. The van der Waals surface area contributed by atoms with E-state index in [2.05, 4.69) is 15.9 Å². The van der Waals surface area contributed by atoms with Crippen molar-refractivity contribution >= 4 is 23.1 Å². The standard InChI is InChI=1S/C31H38ClFN6O2/c32-26-13-22(35)12-25-23(26)5-1-8-31(25)15-27-24(18-41-31)28(38-9-2-4-20(16-34)6-11-38)37-29(36-27)40-19-30-7-3-10-39(30)17-21(33)14-30/h12-13,20-21H,1-11,14-15,17-19,35H2. The Balaban J connectivity index is 1.25. The highest BCUT2D eigenvalue weighted by molar-refractivity contribution is 6.31. The number of nitrogens with zero attached hydrogens (tertiary/aromatic N) is 5. The third-order valence-electron chi connectivity index (χ3n) is 10.2. The molecule has 218 valence electrons. The summed E-state index contributed by atoms with van der Waals surface area (Å²) >= 11 is 6.66. The van der Waals surface area contributed by atoms with Crippen molar-refractivity contribution in [3.05, 3.63) is 39.5 Å². The number of alkyl halides is 1. The second-order valence-corrected chi connectivity index (χ2v) is 13.1. The van der Waals surface area contributed by atoms with Crippen LogP contribution in [-0.2, 0) is 29.8 Å². The van der Waals surface area contributed by atoms with Crippen molar-refractivity contribution in [3.8, 4) is 12.1 Å². The van der Waals surface area contributed by atoms with Gasteiger partial charge in [0.05, 0.1) is 29.5 Å². The van der Waals surface area contributed by atoms with Gasteiger partial charge in [-0.1, -0.05) is 11.6 Å². The predicted octanol–water partition coefficient (Wildman–Crippen LogP) is 5.10. The zero-order chi connectivity index (χ0) is 28.2. The highest BCUT2D eigenvalue weighted by Crippen LogP contribution is 2.48. The molecule has 8 nitrogen and oxygen atoms in total. The zero-order valence-electron chi connectivity index (χ0n) is 23.5. The summed E-state index contributed by atoms with van der Waals surface area (Å²) in [7, 11) is 0. The van der Waals surface area contributed by atoms with Gasteiger partial charge in [-0.25, -0.2) is 4.39 Å². The molecule has 0 bridgehead atoms. The quantitative estimate of drug-likeness (QED) is 0.499. The first-order chi connectivity index (χ1) is 19.9. The van der Waals surface area contributed by atoms with Gasteiger partial charge in [-0.05, 0) is 81.2 Å². The van der Waals surface area contributed by atoms with Crippen LogP contribution in [0.1, 0.15) is 73.8 Å². The average molecular weight is 581 g/mol. The highest BCUT2D eigenvalue weighted by Gasteiger charge is 2.50. The molecule has 0 amide bonds. The Morgan fingerprint density at radius 2 is 2.05 bits per heavy atom. The smallest absolute Gasteiger partial charge is 0.318 e. The number of rotatable bonds is 4. The molecule has 5 aliphatic rings. The summed E-state index contributed by atoms with van der Waals surface area (Å²) in [5, 5.41) is 10.2. The summed E-state index contributed by atoms with van der Waals surface area (Å²) in [6.45, 7) is 3.75. The van der Waals surface area contributed by atoms with Gasteiger partial charge in [0, 0.05) is 54.7 Å². The van der Waals surface area contributed by atoms with E-state index in [1.165, 1.54) is 0 Å². The van der Waals surface area contributed by atoms with Gasteiger partial charge in [0.15, 0.2) is 0 Å². The molecule has 41 heavy (non-hydrogen) atoms. The van der Waals surface area contributed by atoms with Crippen LogP contribution in [0.25, 0.3) is 0 Å². The number of fused-ring (bicyclic) bond motifs is 4. The molecule has 2 N–H and O–H groups in total. The number of anilines is 2. The van der Waals surface area contributed by atoms with Gasteiger partial charge in [0.1, 0.15) is 18.6 Å². The summed E-state index contributed by atoms with van der Waals surface area (Å²) < 4.78 is 27.6. The number of benzene rings is 1. The van der Waals surface area contributed by atoms with E-state index in [-0.39, 0.29) is 11.5 Å². The zero-order valence-corrected chi connectivity index (χ0v) is 24.3. The summed E-state index contributed by atoms with van der Waals surface area (Å²) in [4.78, 5) is 14.5. The Kier molecular flexibility index (Phi) is 7.00. The molecule has 1 spiro atoms. The molecule has 7 rings (SSSR count). The van der Waals surface area contributed by atoms with Crippen molar-refractivity contribution in [2.75, 3.05) is 43.4 Å². The highest BCUT2D eigenvalue weighted by atomic mass is 35.5. The SMILES string of the molecule is N#CC1CCCN(c2nc(OCC34CCCN3CC(F)C4)nc3c2COC2(CCCc4c(Cl)cc(N)cc42)C3)CC1. The van der Waals surface area contributed by atoms with E-state index in [0.717, 1.165) is 99.2 Å². The van der Waals surface area contributed by atoms with E-state index < -0.39 is 11.8 Å². The van der Waals surface area contributed by atoms with Crippen LogP contribution in [0.15, 0.2) is 12.1 Å². The van der Waals surface area contributed by atoms with Gasteiger partial charge < -0.3 is 20.1 Å². The summed E-state index contributed by atoms with van der Waals surface area (Å²) in [5.41, 5.74) is 10.2. The number of hydrogen-bond donors (Lipinski definition) is 1. The van der Waals surface area contributed by atoms with Crippen LogP contribution >= 0.6 is 11.6 Å². The first-order valence-electron chi connectivity index (χ1n) is 15.2. The molecule has 4 atom stereocenters. The van der Waals surface area contributed by atoms with E-state index in [1.54, 1.807) is 0 Å². The molecule has 10 heteroatoms. The topological polar surface area (TPSA) is 101 Å². The molecule has 0 radical (unpaired) electrons. The van der Waals surface area contributed by atoms with E-state index >= 15 is 0 Å². The third kappa shape index (κ3) is 4.82. The maximum Gasteiger partial charge on any atom is 0.318 e. The molecule has 4 unspecified atom stereocenters. The second-order valence-electron chi connectivity index (χ2n) is 12.7. The van der Waals surface area contributed by atoms with Gasteiger partial charge in [0.2, 0.25) is 0 Å². The van der Waals surface area contributed by atoms with Gasteiger partial charge >= 0.3 is 6.01 Å². The Morgan fingerprint density at radius 3 is 2.93 bits per heavy atom. The fraction of sp³-hybridized carbons (Fsp3) is 0.645. The molecule has 5 heterocycles. The first-order valence-corrected chi connectivity index (χ1v) is 15.5. The van der Waals surface area contributed by atoms with Crippen molar-refractivity contribution in [1.29, 1.82) is 5.26 Å². The fourth-order valence-electron chi connectivity index (χ4n) is 8.07. The average Bonchev–Trinajstić information content (AvgIpc) is 3.36. The Morgan fingerprint density at radius 1 is 1.15 bits per heavy atom. The lowest BCUT2D eigenvalue weighted by Crippen LogP contribution is -2.44. The molecule has 1 aromatic carbocycles. The summed E-state index contributed by atoms with van der Waals surface area (Å²) in [6.07, 6.45) is 7.62. The maximum absolute atomic E-state index is 14.4. The Labute approximate surface area is 246 Å². The third-order valence-corrected chi connectivity index (χ3v) is 10.5. The number of ether oxygens (including phenoxy) is 2. The monoisotopic (exact) mass is 580 g/mol. The lowest BCUT2D eigenvalue weighted by Gasteiger charge is -2.43. The van der Waals surface area contributed by atoms with Crippen molar-refractivity contribution < 1.29 is 13.9 Å². The predicted molar refractivity (Wildman–Crippen MR) is 155 cm³/mol. The molecule has 1 aromatic heterocycles. The van der Waals surface area contributed by atoms with Gasteiger partial charge in [-0.3, -0.25) is 4.90 Å². The summed E-state index contributed by atoms with van der Waals surface area (Å²) in [5.74, 6) is 0.904. The van der Waals surface area contributed by atoms with E-state index in [1.807, 2.05) is 12.1 Å². The number of aromatic nitrogens is 2. The van der Waals surface area contributed by atoms with Gasteiger partial charge in [-0.15, -0.1) is 0 Å². The van der Waals surface area contributed by atoms with Crippen LogP contribution < -0.4 is 15.4 Å². The van der Waals surface area contributed by atoms with Crippen molar-refractivity contribution in [1.82, 2.24) is 14.9 Å².